The fraction of sp³-hybridized carbons (Fsp3) is 0.477. The first kappa shape index (κ1) is 41.0. The van der Waals surface area contributed by atoms with Crippen LogP contribution in [0.2, 0.25) is 0 Å². The number of rotatable bonds is 0. The van der Waals surface area contributed by atoms with E-state index in [2.05, 4.69) is 0 Å². The fourth-order valence-corrected chi connectivity index (χ4v) is 7.29. The Bertz CT molecular complexity index is 1830. The number of carbonyl (C=O) groups excluding carboxylic acids is 3. The van der Waals surface area contributed by atoms with Gasteiger partial charge < -0.3 is 33.5 Å². The monoisotopic (exact) mass is 742 g/mol. The van der Waals surface area contributed by atoms with Crippen molar-refractivity contribution in [1.82, 2.24) is 0 Å². The highest BCUT2D eigenvalue weighted by molar-refractivity contribution is 5.96. The van der Waals surface area contributed by atoms with Crippen LogP contribution in [0.1, 0.15) is 107 Å². The third kappa shape index (κ3) is 10.5. The number of hydrogen-bond acceptors (Lipinski definition) is 10. The van der Waals surface area contributed by atoms with Gasteiger partial charge in [0.1, 0.15) is 18.3 Å². The maximum absolute atomic E-state index is 12.6. The highest BCUT2D eigenvalue weighted by Gasteiger charge is 2.44. The summed E-state index contributed by atoms with van der Waals surface area (Å²) < 4.78 is 34.4. The Kier molecular flexibility index (Phi) is 13.3. The number of benzene rings is 2. The van der Waals surface area contributed by atoms with Crippen molar-refractivity contribution in [2.24, 2.45) is 0 Å². The van der Waals surface area contributed by atoms with Crippen LogP contribution in [0.15, 0.2) is 60.7 Å². The number of hydrogen-bond donors (Lipinski definition) is 1. The van der Waals surface area contributed by atoms with Gasteiger partial charge in [0.05, 0.1) is 36.5 Å². The highest BCUT2D eigenvalue weighted by atomic mass is 16.8. The molecule has 0 aromatic heterocycles. The van der Waals surface area contributed by atoms with Crippen LogP contribution < -0.4 is 0 Å². The first-order valence-electron chi connectivity index (χ1n) is 18.7. The number of ether oxygens (including phenoxy) is 6. The Labute approximate surface area is 318 Å². The van der Waals surface area contributed by atoms with Gasteiger partial charge in [-0.25, -0.2) is 9.59 Å². The van der Waals surface area contributed by atoms with Crippen LogP contribution in [0.25, 0.3) is 12.2 Å². The zero-order chi connectivity index (χ0) is 39.2. The second-order valence-corrected chi connectivity index (χ2v) is 15.2. The van der Waals surface area contributed by atoms with Gasteiger partial charge in [-0.3, -0.25) is 4.79 Å². The van der Waals surface area contributed by atoms with Crippen LogP contribution in [0.3, 0.4) is 0 Å². The van der Waals surface area contributed by atoms with Crippen LogP contribution in [-0.4, -0.2) is 78.1 Å². The van der Waals surface area contributed by atoms with E-state index in [1.165, 1.54) is 6.08 Å². The van der Waals surface area contributed by atoms with Crippen molar-refractivity contribution in [3.8, 4) is 0 Å². The van der Waals surface area contributed by atoms with Crippen molar-refractivity contribution in [3.63, 3.8) is 0 Å². The van der Waals surface area contributed by atoms with E-state index >= 15 is 0 Å². The maximum Gasteiger partial charge on any atom is 0.339 e. The summed E-state index contributed by atoms with van der Waals surface area (Å²) in [7, 11) is 0. The molecule has 0 spiro atoms. The van der Waals surface area contributed by atoms with Gasteiger partial charge in [-0.05, 0) is 109 Å². The van der Waals surface area contributed by atoms with Crippen LogP contribution in [0, 0.1) is 27.7 Å². The van der Waals surface area contributed by atoms with E-state index in [9.17, 15) is 19.5 Å². The molecule has 0 aliphatic carbocycles. The molecule has 10 nitrogen and oxygen atoms in total. The molecule has 290 valence electrons. The van der Waals surface area contributed by atoms with E-state index in [0.717, 1.165) is 33.4 Å². The molecule has 4 aliphatic rings. The molecule has 0 radical (unpaired) electrons. The normalized spacial score (nSPS) is 29.2. The Morgan fingerprint density at radius 1 is 0.611 bits per heavy atom. The molecule has 54 heavy (non-hydrogen) atoms. The fourth-order valence-electron chi connectivity index (χ4n) is 7.29. The standard InChI is InChI=1S/C22H28O5.C22H26O5/c2*1-14-12-15(2)19-16(13-14)8-7-10-18-20(27-22(3,4)26-18)17(23)9-5-6-11-25-21(19)24/h5,7-9,12-13,17-18,20,23H,6,10-11H2,1-4H3;5,7-9,12-13,18,20H,6,10-11H2,1-4H3/b2*8-7+,9-5-/t17?,18-,20+;18-,20+/m00/s1. The molecule has 2 saturated heterocycles. The number of aliphatic hydroxyl groups excluding tert-OH is 1. The van der Waals surface area contributed by atoms with Gasteiger partial charge in [0.2, 0.25) is 0 Å². The van der Waals surface area contributed by atoms with E-state index in [1.807, 2.05) is 110 Å². The lowest BCUT2D eigenvalue weighted by molar-refractivity contribution is -0.152. The van der Waals surface area contributed by atoms with Gasteiger partial charge in [0, 0.05) is 0 Å². The second kappa shape index (κ2) is 17.5. The highest BCUT2D eigenvalue weighted by Crippen LogP contribution is 2.34. The first-order chi connectivity index (χ1) is 25.5. The number of esters is 2. The molecule has 0 saturated carbocycles. The van der Waals surface area contributed by atoms with Crippen LogP contribution in [0.4, 0.5) is 0 Å². The average molecular weight is 743 g/mol. The molecule has 4 aliphatic heterocycles. The van der Waals surface area contributed by atoms with Gasteiger partial charge in [-0.15, -0.1) is 0 Å². The van der Waals surface area contributed by atoms with Crippen molar-refractivity contribution in [2.75, 3.05) is 13.2 Å². The molecule has 1 N–H and O–H groups in total. The summed E-state index contributed by atoms with van der Waals surface area (Å²) in [5.41, 5.74) is 6.76. The van der Waals surface area contributed by atoms with E-state index in [4.69, 9.17) is 28.4 Å². The van der Waals surface area contributed by atoms with E-state index < -0.39 is 29.9 Å². The third-order valence-corrected chi connectivity index (χ3v) is 9.43. The molecule has 10 heteroatoms. The lowest BCUT2D eigenvalue weighted by atomic mass is 9.97. The van der Waals surface area contributed by atoms with E-state index in [0.29, 0.717) is 36.8 Å². The van der Waals surface area contributed by atoms with Crippen molar-refractivity contribution in [2.45, 2.75) is 123 Å². The molecule has 0 amide bonds. The van der Waals surface area contributed by atoms with Crippen molar-refractivity contribution in [1.29, 1.82) is 0 Å². The molecule has 2 aromatic rings. The minimum Gasteiger partial charge on any atom is -0.462 e. The van der Waals surface area contributed by atoms with Crippen LogP contribution in [-0.2, 0) is 33.2 Å². The number of aliphatic hydroxyl groups is 1. The summed E-state index contributed by atoms with van der Waals surface area (Å²) in [6, 6.07) is 7.90. The number of cyclic esters (lactones) is 2. The molecule has 2 aromatic carbocycles. The van der Waals surface area contributed by atoms with Crippen LogP contribution in [0.5, 0.6) is 0 Å². The van der Waals surface area contributed by atoms with Crippen molar-refractivity contribution >= 4 is 29.9 Å². The van der Waals surface area contributed by atoms with Gasteiger partial charge in [-0.2, -0.15) is 0 Å². The van der Waals surface area contributed by atoms with Gasteiger partial charge >= 0.3 is 11.9 Å². The number of ketones is 1. The van der Waals surface area contributed by atoms with Gasteiger partial charge in [0.15, 0.2) is 17.4 Å². The zero-order valence-corrected chi connectivity index (χ0v) is 32.7. The average Bonchev–Trinajstić information content (AvgIpc) is 3.56. The molecule has 5 atom stereocenters. The summed E-state index contributed by atoms with van der Waals surface area (Å²) in [5.74, 6) is -2.34. The van der Waals surface area contributed by atoms with E-state index in [1.54, 1.807) is 12.2 Å². The minimum atomic E-state index is -0.801. The third-order valence-electron chi connectivity index (χ3n) is 9.43. The minimum absolute atomic E-state index is 0.130. The largest absolute Gasteiger partial charge is 0.462 e. The Hall–Kier alpha value is -4.19. The maximum atomic E-state index is 12.6. The molecule has 6 rings (SSSR count). The topological polar surface area (TPSA) is 127 Å². The molecule has 1 unspecified atom stereocenters. The molecule has 2 fully saturated rings. The lowest BCUT2D eigenvalue weighted by Gasteiger charge is -2.19. The van der Waals surface area contributed by atoms with Gasteiger partial charge in [0.25, 0.3) is 0 Å². The Morgan fingerprint density at radius 2 is 1.11 bits per heavy atom. The lowest BCUT2D eigenvalue weighted by Crippen LogP contribution is -2.34. The predicted molar refractivity (Wildman–Crippen MR) is 206 cm³/mol. The van der Waals surface area contributed by atoms with E-state index in [-0.39, 0.29) is 43.1 Å². The Morgan fingerprint density at radius 3 is 1.69 bits per heavy atom. The van der Waals surface area contributed by atoms with Gasteiger partial charge in [-0.1, -0.05) is 77.9 Å². The molecule has 0 bridgehead atoms. The predicted octanol–water partition coefficient (Wildman–Crippen LogP) is 7.62. The smallest absolute Gasteiger partial charge is 0.339 e. The van der Waals surface area contributed by atoms with Crippen LogP contribution >= 0.6 is 0 Å². The molecular formula is C44H54O10. The molecular weight excluding hydrogens is 688 g/mol. The zero-order valence-electron chi connectivity index (χ0n) is 32.7. The SMILES string of the molecule is Cc1cc(C)c2c(c1)/C=C/C[C@@H]1OC(C)(C)O[C@@H]1C(=O)/C=C\CCOC2=O.Cc1cc(C)c2c(c1)/C=C/C[C@@H]1OC(C)(C)O[C@@H]1C(O)/C=C\CCOC2=O. The first-order valence-corrected chi connectivity index (χ1v) is 18.7. The molecule has 4 heterocycles. The Balaban J connectivity index is 0.000000208. The quantitative estimate of drug-likeness (QED) is 0.213. The summed E-state index contributed by atoms with van der Waals surface area (Å²) in [4.78, 5) is 37.6. The van der Waals surface area contributed by atoms with Crippen molar-refractivity contribution < 1.29 is 47.9 Å². The van der Waals surface area contributed by atoms with Crippen molar-refractivity contribution in [3.05, 3.63) is 105 Å². The number of carbonyl (C=O) groups is 3. The summed E-state index contributed by atoms with van der Waals surface area (Å²) >= 11 is 0. The number of fused-ring (bicyclic) bond motifs is 4. The summed E-state index contributed by atoms with van der Waals surface area (Å²) in [6.07, 6.45) is 14.0. The second-order valence-electron chi connectivity index (χ2n) is 15.2. The summed E-state index contributed by atoms with van der Waals surface area (Å²) in [5, 5.41) is 10.5. The summed E-state index contributed by atoms with van der Waals surface area (Å²) in [6.45, 7) is 15.6. The number of aryl methyl sites for hydroxylation is 4.